The highest BCUT2D eigenvalue weighted by atomic mass is 16.4. The van der Waals surface area contributed by atoms with Crippen LogP contribution in [0, 0.1) is 5.92 Å². The average Bonchev–Trinajstić information content (AvgIpc) is 2.64. The quantitative estimate of drug-likeness (QED) is 0.912. The smallest absolute Gasteiger partial charge is 0.335 e. The van der Waals surface area contributed by atoms with Gasteiger partial charge in [-0.2, -0.15) is 0 Å². The number of carboxylic acids is 1. The molecule has 3 rings (SSSR count). The van der Waals surface area contributed by atoms with Crippen molar-refractivity contribution in [1.82, 2.24) is 9.80 Å². The van der Waals surface area contributed by atoms with Gasteiger partial charge in [-0.3, -0.25) is 9.69 Å². The Hall–Kier alpha value is -1.88. The highest BCUT2D eigenvalue weighted by Gasteiger charge is 2.27. The number of carbonyl (C=O) groups is 2. The van der Waals surface area contributed by atoms with Crippen LogP contribution in [0.5, 0.6) is 0 Å². The zero-order valence-corrected chi connectivity index (χ0v) is 15.0. The summed E-state index contributed by atoms with van der Waals surface area (Å²) in [4.78, 5) is 27.9. The highest BCUT2D eigenvalue weighted by Crippen LogP contribution is 2.27. The molecule has 2 aliphatic heterocycles. The van der Waals surface area contributed by atoms with Crippen LogP contribution in [0.1, 0.15) is 54.4 Å². The van der Waals surface area contributed by atoms with Crippen LogP contribution in [-0.2, 0) is 4.79 Å². The first-order chi connectivity index (χ1) is 12.0. The number of hydrogen-bond acceptors (Lipinski definition) is 3. The Morgan fingerprint density at radius 1 is 1.08 bits per heavy atom. The van der Waals surface area contributed by atoms with E-state index in [9.17, 15) is 9.59 Å². The van der Waals surface area contributed by atoms with Gasteiger partial charge in [-0.1, -0.05) is 19.1 Å². The van der Waals surface area contributed by atoms with Crippen LogP contribution < -0.4 is 0 Å². The fourth-order valence-corrected chi connectivity index (χ4v) is 3.89. The summed E-state index contributed by atoms with van der Waals surface area (Å²) in [5, 5.41) is 9.02. The molecule has 1 aromatic rings. The van der Waals surface area contributed by atoms with Crippen molar-refractivity contribution in [2.45, 2.75) is 38.5 Å². The van der Waals surface area contributed by atoms with Gasteiger partial charge in [-0.05, 0) is 62.4 Å². The van der Waals surface area contributed by atoms with Crippen LogP contribution in [0.3, 0.4) is 0 Å². The lowest BCUT2D eigenvalue weighted by Crippen LogP contribution is -2.46. The van der Waals surface area contributed by atoms with Crippen molar-refractivity contribution in [2.75, 3.05) is 32.7 Å². The topological polar surface area (TPSA) is 60.9 Å². The molecule has 136 valence electrons. The maximum atomic E-state index is 12.7. The molecule has 1 amide bonds. The van der Waals surface area contributed by atoms with Gasteiger partial charge < -0.3 is 10.0 Å². The number of amides is 1. The van der Waals surface area contributed by atoms with E-state index in [2.05, 4.69) is 11.8 Å². The van der Waals surface area contributed by atoms with E-state index in [1.165, 1.54) is 12.8 Å². The Morgan fingerprint density at radius 3 is 2.40 bits per heavy atom. The van der Waals surface area contributed by atoms with E-state index in [1.807, 2.05) is 17.0 Å². The lowest BCUT2D eigenvalue weighted by atomic mass is 9.90. The molecule has 2 heterocycles. The molecule has 1 atom stereocenters. The largest absolute Gasteiger partial charge is 0.478 e. The van der Waals surface area contributed by atoms with Crippen LogP contribution in [0.4, 0.5) is 0 Å². The molecule has 0 spiro atoms. The average molecular weight is 344 g/mol. The second-order valence-corrected chi connectivity index (χ2v) is 7.56. The summed E-state index contributed by atoms with van der Waals surface area (Å²) in [6.07, 6.45) is 4.43. The number of hydrogen-bond donors (Lipinski definition) is 1. The molecule has 0 bridgehead atoms. The second-order valence-electron chi connectivity index (χ2n) is 7.56. The van der Waals surface area contributed by atoms with Crippen LogP contribution in [0.2, 0.25) is 0 Å². The first kappa shape index (κ1) is 17.9. The molecule has 2 aliphatic rings. The predicted molar refractivity (Wildman–Crippen MR) is 96.8 cm³/mol. The van der Waals surface area contributed by atoms with E-state index in [1.54, 1.807) is 12.1 Å². The summed E-state index contributed by atoms with van der Waals surface area (Å²) < 4.78 is 0. The van der Waals surface area contributed by atoms with Crippen molar-refractivity contribution in [3.05, 3.63) is 35.4 Å². The maximum Gasteiger partial charge on any atom is 0.335 e. The minimum absolute atomic E-state index is 0.237. The van der Waals surface area contributed by atoms with Gasteiger partial charge in [0.15, 0.2) is 0 Å². The zero-order chi connectivity index (χ0) is 17.8. The van der Waals surface area contributed by atoms with Gasteiger partial charge in [0.25, 0.3) is 0 Å². The first-order valence-electron chi connectivity index (χ1n) is 9.36. The third kappa shape index (κ3) is 4.60. The maximum absolute atomic E-state index is 12.7. The Balaban J connectivity index is 1.56. The number of carboxylic acid groups (broad SMARTS) is 1. The normalized spacial score (nSPS) is 22.8. The molecular formula is C20H28N2O3. The van der Waals surface area contributed by atoms with Crippen molar-refractivity contribution in [1.29, 1.82) is 0 Å². The predicted octanol–water partition coefficient (Wildman–Crippen LogP) is 2.82. The highest BCUT2D eigenvalue weighted by molar-refractivity contribution is 5.87. The van der Waals surface area contributed by atoms with Crippen molar-refractivity contribution in [2.24, 2.45) is 5.92 Å². The van der Waals surface area contributed by atoms with E-state index in [-0.39, 0.29) is 5.91 Å². The summed E-state index contributed by atoms with van der Waals surface area (Å²) in [6, 6.07) is 7.11. The van der Waals surface area contributed by atoms with Gasteiger partial charge >= 0.3 is 5.97 Å². The minimum atomic E-state index is -0.900. The monoisotopic (exact) mass is 344 g/mol. The standard InChI is InChI=1S/C20H28N2O3/c1-15-8-11-21(12-9-15)14-19(23)22-10-2-3-18(13-22)16-4-6-17(7-5-16)20(24)25/h4-7,15,18H,2-3,8-14H2,1H3,(H,24,25)/t18-/m1/s1. The zero-order valence-electron chi connectivity index (χ0n) is 15.0. The Kier molecular flexibility index (Phi) is 5.74. The summed E-state index contributed by atoms with van der Waals surface area (Å²) >= 11 is 0. The van der Waals surface area contributed by atoms with Gasteiger partial charge in [0.05, 0.1) is 12.1 Å². The molecule has 0 saturated carbocycles. The van der Waals surface area contributed by atoms with Gasteiger partial charge in [0.1, 0.15) is 0 Å². The molecule has 1 aromatic carbocycles. The van der Waals surface area contributed by atoms with E-state index >= 15 is 0 Å². The van der Waals surface area contributed by atoms with E-state index in [0.717, 1.165) is 50.5 Å². The third-order valence-electron chi connectivity index (χ3n) is 5.64. The molecular weight excluding hydrogens is 316 g/mol. The first-order valence-corrected chi connectivity index (χ1v) is 9.36. The van der Waals surface area contributed by atoms with Crippen molar-refractivity contribution in [3.8, 4) is 0 Å². The Morgan fingerprint density at radius 2 is 1.76 bits per heavy atom. The number of benzene rings is 1. The Bertz CT molecular complexity index is 606. The summed E-state index contributed by atoms with van der Waals surface area (Å²) in [6.45, 7) is 6.46. The summed E-state index contributed by atoms with van der Waals surface area (Å²) in [5.41, 5.74) is 1.45. The van der Waals surface area contributed by atoms with Crippen molar-refractivity contribution >= 4 is 11.9 Å². The van der Waals surface area contributed by atoms with Crippen LogP contribution in [0.15, 0.2) is 24.3 Å². The summed E-state index contributed by atoms with van der Waals surface area (Å²) in [7, 11) is 0. The molecule has 1 N–H and O–H groups in total. The van der Waals surface area contributed by atoms with Crippen molar-refractivity contribution < 1.29 is 14.7 Å². The molecule has 0 aliphatic carbocycles. The fraction of sp³-hybridized carbons (Fsp3) is 0.600. The van der Waals surface area contributed by atoms with Gasteiger partial charge in [0.2, 0.25) is 5.91 Å². The van der Waals surface area contributed by atoms with E-state index < -0.39 is 5.97 Å². The van der Waals surface area contributed by atoms with Gasteiger partial charge in [-0.15, -0.1) is 0 Å². The lowest BCUT2D eigenvalue weighted by molar-refractivity contribution is -0.134. The molecule has 2 fully saturated rings. The molecule has 0 radical (unpaired) electrons. The number of likely N-dealkylation sites (tertiary alicyclic amines) is 2. The van der Waals surface area contributed by atoms with Crippen molar-refractivity contribution in [3.63, 3.8) is 0 Å². The second kappa shape index (κ2) is 8.00. The van der Waals surface area contributed by atoms with Crippen LogP contribution in [-0.4, -0.2) is 59.5 Å². The lowest BCUT2D eigenvalue weighted by Gasteiger charge is -2.36. The summed E-state index contributed by atoms with van der Waals surface area (Å²) in [5.74, 6) is 0.422. The molecule has 0 aromatic heterocycles. The van der Waals surface area contributed by atoms with Crippen LogP contribution >= 0.6 is 0 Å². The minimum Gasteiger partial charge on any atom is -0.478 e. The van der Waals surface area contributed by atoms with E-state index in [0.29, 0.717) is 18.0 Å². The van der Waals surface area contributed by atoms with Gasteiger partial charge in [0, 0.05) is 19.0 Å². The number of piperidine rings is 2. The molecule has 5 heteroatoms. The van der Waals surface area contributed by atoms with Gasteiger partial charge in [-0.25, -0.2) is 4.79 Å². The SMILES string of the molecule is CC1CCN(CC(=O)N2CCC[C@@H](c3ccc(C(=O)O)cc3)C2)CC1. The Labute approximate surface area is 149 Å². The molecule has 25 heavy (non-hydrogen) atoms. The number of rotatable bonds is 4. The number of carbonyl (C=O) groups excluding carboxylic acids is 1. The van der Waals surface area contributed by atoms with Crippen LogP contribution in [0.25, 0.3) is 0 Å². The number of nitrogens with zero attached hydrogens (tertiary/aromatic N) is 2. The molecule has 2 saturated heterocycles. The molecule has 0 unspecified atom stereocenters. The van der Waals surface area contributed by atoms with E-state index in [4.69, 9.17) is 5.11 Å². The molecule has 5 nitrogen and oxygen atoms in total. The number of aromatic carboxylic acids is 1. The fourth-order valence-electron chi connectivity index (χ4n) is 3.89. The third-order valence-corrected chi connectivity index (χ3v) is 5.64.